The molecule has 2 aromatic heterocycles. The van der Waals surface area contributed by atoms with Crippen LogP contribution in [0.15, 0.2) is 59.1 Å². The van der Waals surface area contributed by atoms with Crippen LogP contribution in [-0.2, 0) is 0 Å². The van der Waals surface area contributed by atoms with E-state index in [0.717, 1.165) is 35.0 Å². The maximum Gasteiger partial charge on any atom is 0.254 e. The van der Waals surface area contributed by atoms with Gasteiger partial charge in [-0.25, -0.2) is 4.98 Å². The molecule has 0 saturated carbocycles. The predicted molar refractivity (Wildman–Crippen MR) is 121 cm³/mol. The average Bonchev–Trinajstić information content (AvgIpc) is 3.22. The van der Waals surface area contributed by atoms with Crippen LogP contribution < -0.4 is 4.74 Å². The van der Waals surface area contributed by atoms with Crippen molar-refractivity contribution >= 4 is 16.8 Å². The molecular weight excluding hydrogens is 404 g/mol. The minimum Gasteiger partial charge on any atom is -0.472 e. The molecule has 1 unspecified atom stereocenters. The summed E-state index contributed by atoms with van der Waals surface area (Å²) >= 11 is 0. The summed E-state index contributed by atoms with van der Waals surface area (Å²) in [4.78, 5) is 23.8. The number of likely N-dealkylation sites (tertiary alicyclic amines) is 1. The number of nitrogens with zero attached hydrogens (tertiary/aromatic N) is 4. The molecule has 7 nitrogen and oxygen atoms in total. The minimum atomic E-state index is -0.0967. The summed E-state index contributed by atoms with van der Waals surface area (Å²) in [6.07, 6.45) is 1.67. The first-order valence-corrected chi connectivity index (χ1v) is 10.8. The van der Waals surface area contributed by atoms with Crippen LogP contribution in [0.3, 0.4) is 0 Å². The fourth-order valence-corrected chi connectivity index (χ4v) is 4.19. The lowest BCUT2D eigenvalue weighted by Gasteiger charge is -2.32. The standard InChI is InChI=1S/C25H24N4O3/c1-16-13-23(27-17(2)26-16)31-20-9-6-12-29(15-20)25(30)19-10-11-22-21(14-19)24(32-28-22)18-7-4-3-5-8-18/h3-5,7-8,10-11,13-14,20H,6,9,12,15H2,1-2H3. The Kier molecular flexibility index (Phi) is 5.31. The fraction of sp³-hybridized carbons (Fsp3) is 0.280. The first-order valence-electron chi connectivity index (χ1n) is 10.8. The van der Waals surface area contributed by atoms with Gasteiger partial charge in [0.25, 0.3) is 5.91 Å². The van der Waals surface area contributed by atoms with Gasteiger partial charge in [0, 0.05) is 29.4 Å². The quantitative estimate of drug-likeness (QED) is 0.473. The van der Waals surface area contributed by atoms with Gasteiger partial charge >= 0.3 is 0 Å². The maximum absolute atomic E-state index is 13.3. The number of ether oxygens (including phenoxy) is 1. The van der Waals surface area contributed by atoms with Gasteiger partial charge in [-0.3, -0.25) is 4.79 Å². The SMILES string of the molecule is Cc1cc(OC2CCCN(C(=O)c3ccc4noc(-c5ccccc5)c4c3)C2)nc(C)n1. The highest BCUT2D eigenvalue weighted by molar-refractivity contribution is 6.01. The molecule has 162 valence electrons. The Morgan fingerprint density at radius 2 is 1.94 bits per heavy atom. The summed E-state index contributed by atoms with van der Waals surface area (Å²) in [5, 5.41) is 4.98. The van der Waals surface area contributed by atoms with Crippen LogP contribution >= 0.6 is 0 Å². The normalized spacial score (nSPS) is 16.3. The van der Waals surface area contributed by atoms with E-state index in [2.05, 4.69) is 15.1 Å². The van der Waals surface area contributed by atoms with E-state index < -0.39 is 0 Å². The summed E-state index contributed by atoms with van der Waals surface area (Å²) in [5.41, 5.74) is 3.15. The summed E-state index contributed by atoms with van der Waals surface area (Å²) < 4.78 is 11.7. The van der Waals surface area contributed by atoms with Crippen LogP contribution in [0.4, 0.5) is 0 Å². The molecule has 1 saturated heterocycles. The van der Waals surface area contributed by atoms with Gasteiger partial charge in [-0.1, -0.05) is 35.5 Å². The summed E-state index contributed by atoms with van der Waals surface area (Å²) in [7, 11) is 0. The van der Waals surface area contributed by atoms with Crippen molar-refractivity contribution in [3.05, 3.63) is 71.7 Å². The number of hydrogen-bond acceptors (Lipinski definition) is 6. The number of amides is 1. The molecular formula is C25H24N4O3. The topological polar surface area (TPSA) is 81.4 Å². The molecule has 1 fully saturated rings. The van der Waals surface area contributed by atoms with E-state index in [9.17, 15) is 4.79 Å². The van der Waals surface area contributed by atoms with E-state index in [-0.39, 0.29) is 12.0 Å². The van der Waals surface area contributed by atoms with Crippen molar-refractivity contribution < 1.29 is 14.1 Å². The second-order valence-corrected chi connectivity index (χ2v) is 8.14. The van der Waals surface area contributed by atoms with Crippen LogP contribution in [-0.4, -0.2) is 45.1 Å². The highest BCUT2D eigenvalue weighted by Crippen LogP contribution is 2.30. The number of fused-ring (bicyclic) bond motifs is 1. The van der Waals surface area contributed by atoms with Crippen molar-refractivity contribution in [1.29, 1.82) is 0 Å². The third-order valence-corrected chi connectivity index (χ3v) is 5.65. The summed E-state index contributed by atoms with van der Waals surface area (Å²) in [6, 6.07) is 17.1. The Hall–Kier alpha value is -3.74. The van der Waals surface area contributed by atoms with Crippen LogP contribution in [0.2, 0.25) is 0 Å². The molecule has 0 radical (unpaired) electrons. The minimum absolute atomic E-state index is 0.0181. The number of aromatic nitrogens is 3. The zero-order valence-electron chi connectivity index (χ0n) is 18.1. The largest absolute Gasteiger partial charge is 0.472 e. The number of benzene rings is 2. The lowest BCUT2D eigenvalue weighted by atomic mass is 10.0. The molecule has 1 aliphatic rings. The van der Waals surface area contributed by atoms with Crippen molar-refractivity contribution in [2.24, 2.45) is 0 Å². The summed E-state index contributed by atoms with van der Waals surface area (Å²) in [6.45, 7) is 4.99. The number of rotatable bonds is 4. The second kappa shape index (κ2) is 8.42. The van der Waals surface area contributed by atoms with E-state index in [1.165, 1.54) is 0 Å². The lowest BCUT2D eigenvalue weighted by Crippen LogP contribution is -2.44. The third kappa shape index (κ3) is 4.06. The van der Waals surface area contributed by atoms with E-state index in [1.807, 2.05) is 73.3 Å². The number of carbonyl (C=O) groups is 1. The fourth-order valence-electron chi connectivity index (χ4n) is 4.19. The van der Waals surface area contributed by atoms with Crippen LogP contribution in [0.25, 0.3) is 22.2 Å². The highest BCUT2D eigenvalue weighted by atomic mass is 16.5. The van der Waals surface area contributed by atoms with Crippen molar-refractivity contribution in [2.75, 3.05) is 13.1 Å². The van der Waals surface area contributed by atoms with Crippen molar-refractivity contribution in [3.8, 4) is 17.2 Å². The number of aryl methyl sites for hydroxylation is 2. The maximum atomic E-state index is 13.3. The smallest absolute Gasteiger partial charge is 0.254 e. The monoisotopic (exact) mass is 428 g/mol. The molecule has 0 spiro atoms. The molecule has 1 amide bonds. The second-order valence-electron chi connectivity index (χ2n) is 8.14. The molecule has 0 bridgehead atoms. The Labute approximate surface area is 186 Å². The average molecular weight is 428 g/mol. The third-order valence-electron chi connectivity index (χ3n) is 5.65. The molecule has 7 heteroatoms. The van der Waals surface area contributed by atoms with Gasteiger partial charge < -0.3 is 14.2 Å². The van der Waals surface area contributed by atoms with Crippen molar-refractivity contribution in [2.45, 2.75) is 32.8 Å². The molecule has 2 aromatic carbocycles. The molecule has 0 N–H and O–H groups in total. The number of carbonyl (C=O) groups excluding carboxylic acids is 1. The van der Waals surface area contributed by atoms with Gasteiger partial charge in [-0.05, 0) is 44.9 Å². The highest BCUT2D eigenvalue weighted by Gasteiger charge is 2.27. The van der Waals surface area contributed by atoms with Gasteiger partial charge in [0.2, 0.25) is 5.88 Å². The van der Waals surface area contributed by atoms with E-state index in [4.69, 9.17) is 9.26 Å². The zero-order valence-corrected chi connectivity index (χ0v) is 18.1. The summed E-state index contributed by atoms with van der Waals surface area (Å²) in [5.74, 6) is 1.90. The van der Waals surface area contributed by atoms with Gasteiger partial charge in [0.15, 0.2) is 5.76 Å². The van der Waals surface area contributed by atoms with Crippen LogP contribution in [0.5, 0.6) is 5.88 Å². The van der Waals surface area contributed by atoms with Gasteiger partial charge in [0.05, 0.1) is 11.9 Å². The number of hydrogen-bond donors (Lipinski definition) is 0. The predicted octanol–water partition coefficient (Wildman–Crippen LogP) is 4.59. The van der Waals surface area contributed by atoms with Crippen LogP contribution in [0, 0.1) is 13.8 Å². The molecule has 1 aliphatic heterocycles. The van der Waals surface area contributed by atoms with Gasteiger partial charge in [0.1, 0.15) is 17.4 Å². The van der Waals surface area contributed by atoms with E-state index >= 15 is 0 Å². The molecule has 4 aromatic rings. The van der Waals surface area contributed by atoms with Crippen molar-refractivity contribution in [1.82, 2.24) is 20.0 Å². The van der Waals surface area contributed by atoms with Gasteiger partial charge in [-0.2, -0.15) is 4.98 Å². The molecule has 3 heterocycles. The molecule has 1 atom stereocenters. The van der Waals surface area contributed by atoms with E-state index in [0.29, 0.717) is 36.1 Å². The van der Waals surface area contributed by atoms with E-state index in [1.54, 1.807) is 0 Å². The molecule has 32 heavy (non-hydrogen) atoms. The Bertz CT molecular complexity index is 1250. The van der Waals surface area contributed by atoms with Gasteiger partial charge in [-0.15, -0.1) is 0 Å². The van der Waals surface area contributed by atoms with Crippen molar-refractivity contribution in [3.63, 3.8) is 0 Å². The number of piperidine rings is 1. The lowest BCUT2D eigenvalue weighted by molar-refractivity contribution is 0.0527. The Morgan fingerprint density at radius 3 is 2.75 bits per heavy atom. The van der Waals surface area contributed by atoms with Crippen LogP contribution in [0.1, 0.15) is 34.7 Å². The molecule has 5 rings (SSSR count). The Balaban J connectivity index is 1.36. The first-order chi connectivity index (χ1) is 15.6. The zero-order chi connectivity index (χ0) is 22.1. The first kappa shape index (κ1) is 20.2. The molecule has 0 aliphatic carbocycles. The Morgan fingerprint density at radius 1 is 1.09 bits per heavy atom.